The van der Waals surface area contributed by atoms with Gasteiger partial charge in [0.1, 0.15) is 5.75 Å². The van der Waals surface area contributed by atoms with Crippen LogP contribution in [-0.2, 0) is 15.5 Å². The smallest absolute Gasteiger partial charge is 0.469 e. The molecule has 0 radical (unpaired) electrons. The Morgan fingerprint density at radius 1 is 1.12 bits per heavy atom. The van der Waals surface area contributed by atoms with Crippen molar-refractivity contribution in [3.63, 3.8) is 0 Å². The zero-order valence-corrected chi connectivity index (χ0v) is 16.2. The number of nitrogens with two attached hydrogens (primary N) is 1. The van der Waals surface area contributed by atoms with Gasteiger partial charge >= 0.3 is 7.82 Å². The highest BCUT2D eigenvalue weighted by Crippen LogP contribution is 2.36. The number of benzene rings is 1. The fourth-order valence-electron chi connectivity index (χ4n) is 2.38. The lowest BCUT2D eigenvalue weighted by Gasteiger charge is -2.24. The van der Waals surface area contributed by atoms with Crippen molar-refractivity contribution in [2.24, 2.45) is 5.73 Å². The molecule has 0 saturated carbocycles. The van der Waals surface area contributed by atoms with Crippen molar-refractivity contribution in [3.8, 4) is 5.75 Å². The molecule has 7 heteroatoms. The van der Waals surface area contributed by atoms with Gasteiger partial charge in [0, 0.05) is 5.54 Å². The van der Waals surface area contributed by atoms with Crippen molar-refractivity contribution in [1.29, 1.82) is 0 Å². The van der Waals surface area contributed by atoms with Gasteiger partial charge in [-0.1, -0.05) is 44.7 Å². The van der Waals surface area contributed by atoms with Crippen molar-refractivity contribution in [1.82, 2.24) is 0 Å². The maximum absolute atomic E-state index is 10.8. The summed E-state index contributed by atoms with van der Waals surface area (Å²) in [6, 6.07) is 7.88. The Balaban J connectivity index is 2.30. The fraction of sp³-hybridized carbons (Fsp3) is 0.667. The highest BCUT2D eigenvalue weighted by molar-refractivity contribution is 7.46. The molecule has 1 aromatic carbocycles. The minimum Gasteiger partial charge on any atom is -0.494 e. The number of unbranched alkanes of at least 4 members (excludes halogenated alkanes) is 4. The van der Waals surface area contributed by atoms with Gasteiger partial charge in [0.05, 0.1) is 13.2 Å². The van der Waals surface area contributed by atoms with E-state index in [1.807, 2.05) is 24.3 Å². The Bertz CT molecular complexity index is 527. The van der Waals surface area contributed by atoms with E-state index >= 15 is 0 Å². The average molecular weight is 373 g/mol. The molecule has 1 atom stereocenters. The first-order valence-corrected chi connectivity index (χ1v) is 10.5. The first-order valence-electron chi connectivity index (χ1n) is 8.92. The van der Waals surface area contributed by atoms with Gasteiger partial charge in [0.2, 0.25) is 0 Å². The zero-order chi connectivity index (χ0) is 18.8. The van der Waals surface area contributed by atoms with E-state index in [1.165, 1.54) is 25.7 Å². The average Bonchev–Trinajstić information content (AvgIpc) is 2.55. The lowest BCUT2D eigenvalue weighted by Crippen LogP contribution is -2.41. The van der Waals surface area contributed by atoms with E-state index in [9.17, 15) is 4.57 Å². The maximum atomic E-state index is 10.8. The van der Waals surface area contributed by atoms with Crippen LogP contribution in [0.3, 0.4) is 0 Å². The van der Waals surface area contributed by atoms with E-state index in [4.69, 9.17) is 20.3 Å². The number of rotatable bonds is 13. The Morgan fingerprint density at radius 3 is 2.36 bits per heavy atom. The second-order valence-electron chi connectivity index (χ2n) is 6.82. The van der Waals surface area contributed by atoms with Gasteiger partial charge in [-0.2, -0.15) is 0 Å². The van der Waals surface area contributed by atoms with Crippen LogP contribution < -0.4 is 10.5 Å². The van der Waals surface area contributed by atoms with E-state index in [1.54, 1.807) is 6.92 Å². The fourth-order valence-corrected chi connectivity index (χ4v) is 2.84. The second kappa shape index (κ2) is 10.9. The summed E-state index contributed by atoms with van der Waals surface area (Å²) in [5.41, 5.74) is 6.33. The molecule has 0 aliphatic rings. The molecule has 144 valence electrons. The Morgan fingerprint density at radius 2 is 1.76 bits per heavy atom. The van der Waals surface area contributed by atoms with Crippen LogP contribution in [0.25, 0.3) is 0 Å². The molecular weight excluding hydrogens is 341 g/mol. The molecule has 0 spiro atoms. The monoisotopic (exact) mass is 373 g/mol. The lowest BCUT2D eigenvalue weighted by molar-refractivity contribution is 0.154. The number of ether oxygens (including phenoxy) is 1. The van der Waals surface area contributed by atoms with Gasteiger partial charge in [-0.05, 0) is 43.9 Å². The van der Waals surface area contributed by atoms with Gasteiger partial charge in [-0.15, -0.1) is 0 Å². The van der Waals surface area contributed by atoms with Gasteiger partial charge < -0.3 is 20.3 Å². The van der Waals surface area contributed by atoms with E-state index in [0.717, 1.165) is 24.3 Å². The van der Waals surface area contributed by atoms with Crippen LogP contribution >= 0.6 is 7.82 Å². The number of phosphoric acid groups is 1. The number of hydrogen-bond donors (Lipinski definition) is 3. The van der Waals surface area contributed by atoms with Crippen molar-refractivity contribution < 1.29 is 23.6 Å². The van der Waals surface area contributed by atoms with Crippen molar-refractivity contribution in [3.05, 3.63) is 29.8 Å². The number of hydrogen-bond acceptors (Lipinski definition) is 4. The molecule has 1 rings (SSSR count). The molecule has 0 aliphatic heterocycles. The summed E-state index contributed by atoms with van der Waals surface area (Å²) < 4.78 is 21.0. The lowest BCUT2D eigenvalue weighted by atomic mass is 9.95. The third-order valence-corrected chi connectivity index (χ3v) is 4.45. The van der Waals surface area contributed by atoms with Crippen LogP contribution in [0.15, 0.2) is 24.3 Å². The van der Waals surface area contributed by atoms with E-state index in [-0.39, 0.29) is 6.61 Å². The van der Waals surface area contributed by atoms with Crippen molar-refractivity contribution in [2.75, 3.05) is 13.2 Å². The maximum Gasteiger partial charge on any atom is 0.469 e. The number of aryl methyl sites for hydroxylation is 1. The van der Waals surface area contributed by atoms with E-state index in [2.05, 4.69) is 11.4 Å². The van der Waals surface area contributed by atoms with Crippen LogP contribution in [0.5, 0.6) is 5.75 Å². The predicted molar refractivity (Wildman–Crippen MR) is 99.6 cm³/mol. The molecule has 0 heterocycles. The molecule has 4 N–H and O–H groups in total. The Hall–Kier alpha value is -0.910. The molecule has 1 unspecified atom stereocenters. The third kappa shape index (κ3) is 11.3. The van der Waals surface area contributed by atoms with Crippen molar-refractivity contribution >= 4 is 7.82 Å². The van der Waals surface area contributed by atoms with Crippen LogP contribution in [0.4, 0.5) is 0 Å². The van der Waals surface area contributed by atoms with Crippen LogP contribution in [-0.4, -0.2) is 28.5 Å². The summed E-state index contributed by atoms with van der Waals surface area (Å²) >= 11 is 0. The summed E-state index contributed by atoms with van der Waals surface area (Å²) in [5.74, 6) is 0.861. The summed E-state index contributed by atoms with van der Waals surface area (Å²) in [5, 5.41) is 0. The molecule has 25 heavy (non-hydrogen) atoms. The standard InChI is InChI=1S/C18H32NO5P/c1-3-4-5-6-7-14-23-17-10-8-16(9-11-17)12-13-18(2,19)15-24-25(20,21)22/h8-11H,3-7,12-15,19H2,1-2H3,(H2,20,21,22). The Kier molecular flexibility index (Phi) is 9.69. The SMILES string of the molecule is CCCCCCCOc1ccc(CCC(C)(N)COP(=O)(O)O)cc1. The Labute approximate surface area is 151 Å². The van der Waals surface area contributed by atoms with Crippen LogP contribution in [0.2, 0.25) is 0 Å². The molecule has 0 aliphatic carbocycles. The third-order valence-electron chi connectivity index (χ3n) is 3.99. The summed E-state index contributed by atoms with van der Waals surface area (Å²) in [7, 11) is -4.48. The topological polar surface area (TPSA) is 102 Å². The van der Waals surface area contributed by atoms with Crippen molar-refractivity contribution in [2.45, 2.75) is 64.3 Å². The first-order chi connectivity index (χ1) is 11.7. The van der Waals surface area contributed by atoms with Crippen LogP contribution in [0, 0.1) is 0 Å². The summed E-state index contributed by atoms with van der Waals surface area (Å²) in [6.45, 7) is 4.48. The molecular formula is C18H32NO5P. The molecule has 1 aromatic rings. The molecule has 6 nitrogen and oxygen atoms in total. The number of phosphoric ester groups is 1. The van der Waals surface area contributed by atoms with Gasteiger partial charge in [-0.25, -0.2) is 4.57 Å². The minimum absolute atomic E-state index is 0.184. The molecule has 0 saturated heterocycles. The van der Waals surface area contributed by atoms with Gasteiger partial charge in [0.15, 0.2) is 0 Å². The van der Waals surface area contributed by atoms with Crippen LogP contribution in [0.1, 0.15) is 57.9 Å². The highest BCUT2D eigenvalue weighted by atomic mass is 31.2. The molecule has 0 amide bonds. The molecule has 0 fully saturated rings. The van der Waals surface area contributed by atoms with E-state index in [0.29, 0.717) is 12.8 Å². The molecule has 0 bridgehead atoms. The second-order valence-corrected chi connectivity index (χ2v) is 8.06. The highest BCUT2D eigenvalue weighted by Gasteiger charge is 2.24. The van der Waals surface area contributed by atoms with Gasteiger partial charge in [-0.3, -0.25) is 4.52 Å². The summed E-state index contributed by atoms with van der Waals surface area (Å²) in [6.07, 6.45) is 7.34. The molecule has 0 aromatic heterocycles. The largest absolute Gasteiger partial charge is 0.494 e. The normalized spacial score (nSPS) is 14.3. The first kappa shape index (κ1) is 22.1. The predicted octanol–water partition coefficient (Wildman–Crippen LogP) is 3.80. The van der Waals surface area contributed by atoms with Gasteiger partial charge in [0.25, 0.3) is 0 Å². The summed E-state index contributed by atoms with van der Waals surface area (Å²) in [4.78, 5) is 17.5. The zero-order valence-electron chi connectivity index (χ0n) is 15.3. The van der Waals surface area contributed by atoms with E-state index < -0.39 is 13.4 Å². The quantitative estimate of drug-likeness (QED) is 0.359. The minimum atomic E-state index is -4.48.